The second kappa shape index (κ2) is 14.4. The Morgan fingerprint density at radius 3 is 2.42 bits per heavy atom. The Balaban J connectivity index is 1.18. The first-order valence-corrected chi connectivity index (χ1v) is 15.5. The first kappa shape index (κ1) is 31.8. The first-order valence-electron chi connectivity index (χ1n) is 15.5. The van der Waals surface area contributed by atoms with E-state index in [1.165, 1.54) is 13.0 Å². The van der Waals surface area contributed by atoms with E-state index in [0.717, 1.165) is 57.5 Å². The van der Waals surface area contributed by atoms with Crippen LogP contribution in [0.3, 0.4) is 0 Å². The van der Waals surface area contributed by atoms with Gasteiger partial charge in [0.25, 0.3) is 5.56 Å². The molecule has 238 valence electrons. The fraction of sp³-hybridized carbons (Fsp3) is 0.469. The van der Waals surface area contributed by atoms with Crippen molar-refractivity contribution < 1.29 is 14.4 Å². The number of pyridine rings is 2. The van der Waals surface area contributed by atoms with Gasteiger partial charge in [0.05, 0.1) is 24.0 Å². The van der Waals surface area contributed by atoms with Crippen LogP contribution in [-0.4, -0.2) is 87.8 Å². The van der Waals surface area contributed by atoms with Gasteiger partial charge in [0.1, 0.15) is 11.5 Å². The normalized spacial score (nSPS) is 15.6. The van der Waals surface area contributed by atoms with E-state index in [0.29, 0.717) is 54.4 Å². The maximum Gasteiger partial charge on any atom is 0.263 e. The SMILES string of the molecule is C=CC(=O)NCCCNC(=O)CN1CCN(c2ccc(Nc3ncc4c(C)c(C(C)=O)c(=O)n(C5CCCC5)c4n3)nc2)CC1. The molecule has 0 bridgehead atoms. The number of anilines is 3. The molecule has 13 nitrogen and oxygen atoms in total. The molecule has 0 radical (unpaired) electrons. The van der Waals surface area contributed by atoms with Crippen molar-refractivity contribution >= 4 is 46.1 Å². The third-order valence-corrected chi connectivity index (χ3v) is 8.50. The molecule has 5 rings (SSSR count). The molecule has 45 heavy (non-hydrogen) atoms. The summed E-state index contributed by atoms with van der Waals surface area (Å²) >= 11 is 0. The van der Waals surface area contributed by atoms with Crippen molar-refractivity contribution in [2.24, 2.45) is 0 Å². The lowest BCUT2D eigenvalue weighted by Gasteiger charge is -2.35. The van der Waals surface area contributed by atoms with E-state index < -0.39 is 0 Å². The molecule has 3 aromatic rings. The highest BCUT2D eigenvalue weighted by molar-refractivity contribution is 5.99. The van der Waals surface area contributed by atoms with Crippen molar-refractivity contribution in [3.05, 3.63) is 58.7 Å². The van der Waals surface area contributed by atoms with Crippen LogP contribution < -0.4 is 26.4 Å². The number of rotatable bonds is 12. The Kier molecular flexibility index (Phi) is 10.2. The van der Waals surface area contributed by atoms with E-state index in [4.69, 9.17) is 4.98 Å². The number of hydrogen-bond donors (Lipinski definition) is 3. The van der Waals surface area contributed by atoms with E-state index in [1.807, 2.05) is 12.1 Å². The number of carbonyl (C=O) groups is 3. The number of fused-ring (bicyclic) bond motifs is 1. The molecule has 3 N–H and O–H groups in total. The van der Waals surface area contributed by atoms with E-state index in [9.17, 15) is 19.2 Å². The molecular formula is C32H41N9O4. The molecule has 0 spiro atoms. The maximum atomic E-state index is 13.5. The minimum absolute atomic E-state index is 0.0109. The number of amides is 2. The molecule has 3 aromatic heterocycles. The quantitative estimate of drug-likeness (QED) is 0.157. The van der Waals surface area contributed by atoms with Gasteiger partial charge in [-0.15, -0.1) is 0 Å². The zero-order valence-corrected chi connectivity index (χ0v) is 26.0. The Morgan fingerprint density at radius 1 is 1.02 bits per heavy atom. The Labute approximate surface area is 262 Å². The highest BCUT2D eigenvalue weighted by atomic mass is 16.2. The molecule has 2 aliphatic rings. The Hall–Kier alpha value is -4.65. The zero-order chi connectivity index (χ0) is 31.9. The fourth-order valence-corrected chi connectivity index (χ4v) is 6.09. The number of Topliss-reactive ketones (excluding diaryl/α,β-unsaturated/α-hetero) is 1. The fourth-order valence-electron chi connectivity index (χ4n) is 6.09. The molecule has 1 saturated heterocycles. The van der Waals surface area contributed by atoms with E-state index >= 15 is 0 Å². The standard InChI is InChI=1S/C32H41N9O4/c1-4-27(43)33-12-7-13-34-28(44)20-39-14-16-40(17-15-39)24-10-11-26(35-18-24)37-32-36-19-25-21(2)29(22(3)42)31(45)41(30(25)38-32)23-8-5-6-9-23/h4,10-11,18-19,23H,1,5-9,12-17,20H2,2-3H3,(H,33,43)(H,34,44)(H,35,36,37,38). The summed E-state index contributed by atoms with van der Waals surface area (Å²) in [7, 11) is 0. The van der Waals surface area contributed by atoms with Crippen LogP contribution in [0, 0.1) is 6.92 Å². The summed E-state index contributed by atoms with van der Waals surface area (Å²) in [5.74, 6) is 0.416. The van der Waals surface area contributed by atoms with Crippen molar-refractivity contribution in [1.82, 2.24) is 35.1 Å². The highest BCUT2D eigenvalue weighted by Gasteiger charge is 2.26. The number of hydrogen-bond acceptors (Lipinski definition) is 10. The molecule has 13 heteroatoms. The number of ketones is 1. The van der Waals surface area contributed by atoms with Crippen molar-refractivity contribution in [2.75, 3.05) is 56.0 Å². The predicted octanol–water partition coefficient (Wildman–Crippen LogP) is 2.49. The van der Waals surface area contributed by atoms with Crippen molar-refractivity contribution in [3.63, 3.8) is 0 Å². The number of nitrogens with one attached hydrogen (secondary N) is 3. The molecule has 2 amide bonds. The lowest BCUT2D eigenvalue weighted by atomic mass is 10.0. The maximum absolute atomic E-state index is 13.5. The van der Waals surface area contributed by atoms with Crippen LogP contribution in [0.1, 0.15) is 61.0 Å². The van der Waals surface area contributed by atoms with Crippen LogP contribution >= 0.6 is 0 Å². The zero-order valence-electron chi connectivity index (χ0n) is 26.0. The van der Waals surface area contributed by atoms with Gasteiger partial charge in [-0.3, -0.25) is 28.6 Å². The third-order valence-electron chi connectivity index (χ3n) is 8.50. The largest absolute Gasteiger partial charge is 0.368 e. The van der Waals surface area contributed by atoms with Gasteiger partial charge in [0.15, 0.2) is 5.78 Å². The van der Waals surface area contributed by atoms with Gasteiger partial charge in [-0.2, -0.15) is 4.98 Å². The molecule has 1 aliphatic heterocycles. The second-order valence-corrected chi connectivity index (χ2v) is 11.6. The Bertz CT molecular complexity index is 1620. The summed E-state index contributed by atoms with van der Waals surface area (Å²) in [6, 6.07) is 3.87. The van der Waals surface area contributed by atoms with Gasteiger partial charge in [-0.25, -0.2) is 9.97 Å². The van der Waals surface area contributed by atoms with Gasteiger partial charge in [0, 0.05) is 56.9 Å². The van der Waals surface area contributed by atoms with Gasteiger partial charge in [-0.05, 0) is 56.9 Å². The number of aryl methyl sites for hydroxylation is 1. The van der Waals surface area contributed by atoms with Crippen molar-refractivity contribution in [3.8, 4) is 0 Å². The molecule has 2 fully saturated rings. The van der Waals surface area contributed by atoms with Gasteiger partial charge >= 0.3 is 0 Å². The van der Waals surface area contributed by atoms with Crippen molar-refractivity contribution in [1.29, 1.82) is 0 Å². The number of aromatic nitrogens is 4. The van der Waals surface area contributed by atoms with Crippen LogP contribution in [-0.2, 0) is 9.59 Å². The summed E-state index contributed by atoms with van der Waals surface area (Å²) in [5.41, 5.74) is 2.05. The number of carbonyl (C=O) groups excluding carboxylic acids is 3. The molecule has 1 aliphatic carbocycles. The van der Waals surface area contributed by atoms with Crippen LogP contribution in [0.25, 0.3) is 11.0 Å². The average molecular weight is 616 g/mol. The van der Waals surface area contributed by atoms with Crippen molar-refractivity contribution in [2.45, 2.75) is 52.0 Å². The van der Waals surface area contributed by atoms with Crippen LogP contribution in [0.2, 0.25) is 0 Å². The average Bonchev–Trinajstić information content (AvgIpc) is 3.56. The lowest BCUT2D eigenvalue weighted by Crippen LogP contribution is -2.49. The van der Waals surface area contributed by atoms with Gasteiger partial charge < -0.3 is 20.9 Å². The smallest absolute Gasteiger partial charge is 0.263 e. The highest BCUT2D eigenvalue weighted by Crippen LogP contribution is 2.32. The summed E-state index contributed by atoms with van der Waals surface area (Å²) in [5, 5.41) is 9.46. The Morgan fingerprint density at radius 2 is 1.76 bits per heavy atom. The lowest BCUT2D eigenvalue weighted by molar-refractivity contribution is -0.122. The van der Waals surface area contributed by atoms with E-state index in [2.05, 4.69) is 42.3 Å². The summed E-state index contributed by atoms with van der Waals surface area (Å²) in [6.07, 6.45) is 9.20. The topological polar surface area (TPSA) is 154 Å². The molecule has 0 unspecified atom stereocenters. The van der Waals surface area contributed by atoms with E-state index in [-0.39, 0.29) is 34.8 Å². The second-order valence-electron chi connectivity index (χ2n) is 11.6. The summed E-state index contributed by atoms with van der Waals surface area (Å²) < 4.78 is 1.70. The monoisotopic (exact) mass is 615 g/mol. The van der Waals surface area contributed by atoms with Crippen LogP contribution in [0.5, 0.6) is 0 Å². The number of piperazine rings is 1. The molecule has 1 saturated carbocycles. The molecule has 0 atom stereocenters. The van der Waals surface area contributed by atoms with Crippen LogP contribution in [0.4, 0.5) is 17.5 Å². The molecule has 0 aromatic carbocycles. The first-order chi connectivity index (χ1) is 21.7. The number of nitrogens with zero attached hydrogens (tertiary/aromatic N) is 6. The minimum atomic E-state index is -0.279. The van der Waals surface area contributed by atoms with E-state index in [1.54, 1.807) is 23.9 Å². The minimum Gasteiger partial charge on any atom is -0.368 e. The van der Waals surface area contributed by atoms with Gasteiger partial charge in [0.2, 0.25) is 17.8 Å². The van der Waals surface area contributed by atoms with Gasteiger partial charge in [-0.1, -0.05) is 19.4 Å². The molecular weight excluding hydrogens is 574 g/mol. The molecule has 4 heterocycles. The predicted molar refractivity (Wildman–Crippen MR) is 173 cm³/mol. The summed E-state index contributed by atoms with van der Waals surface area (Å²) in [6.45, 7) is 11.0. The van der Waals surface area contributed by atoms with Crippen LogP contribution in [0.15, 0.2) is 42.0 Å². The summed E-state index contributed by atoms with van der Waals surface area (Å²) in [4.78, 5) is 67.5. The third kappa shape index (κ3) is 7.54.